The zero-order valence-corrected chi connectivity index (χ0v) is 13.0. The number of aliphatic hydroxyl groups is 1. The minimum Gasteiger partial charge on any atom is -0.391 e. The number of amides is 1. The van der Waals surface area contributed by atoms with Gasteiger partial charge in [0.15, 0.2) is 0 Å². The van der Waals surface area contributed by atoms with Gasteiger partial charge in [-0.2, -0.15) is 0 Å². The highest BCUT2D eigenvalue weighted by Gasteiger charge is 2.19. The maximum atomic E-state index is 12.5. The molecular formula is C19H20N2O2. The number of fused-ring (bicyclic) bond motifs is 1. The zero-order chi connectivity index (χ0) is 16.2. The van der Waals surface area contributed by atoms with Gasteiger partial charge in [-0.25, -0.2) is 0 Å². The molecule has 0 fully saturated rings. The van der Waals surface area contributed by atoms with Crippen LogP contribution in [0, 0.1) is 0 Å². The molecule has 1 amide bonds. The molecule has 118 valence electrons. The van der Waals surface area contributed by atoms with Gasteiger partial charge in [0.25, 0.3) is 5.91 Å². The van der Waals surface area contributed by atoms with Gasteiger partial charge in [0.05, 0.1) is 23.2 Å². The molecule has 3 N–H and O–H groups in total. The maximum absolute atomic E-state index is 12.5. The van der Waals surface area contributed by atoms with Crippen LogP contribution in [0.15, 0.2) is 60.8 Å². The van der Waals surface area contributed by atoms with Gasteiger partial charge in [-0.15, -0.1) is 0 Å². The first-order chi connectivity index (χ1) is 11.1. The molecule has 2 unspecified atom stereocenters. The van der Waals surface area contributed by atoms with Gasteiger partial charge in [-0.05, 0) is 24.6 Å². The van der Waals surface area contributed by atoms with Gasteiger partial charge >= 0.3 is 0 Å². The molecule has 3 rings (SSSR count). The molecule has 0 radical (unpaired) electrons. The van der Waals surface area contributed by atoms with E-state index in [1.165, 1.54) is 0 Å². The number of aromatic amines is 1. The van der Waals surface area contributed by atoms with Gasteiger partial charge < -0.3 is 15.4 Å². The standard InChI is InChI=1S/C19H20N2O2/c1-13(17(22)12-14-6-3-2-4-7-14)21-19(23)16-9-5-8-15-10-11-20-18(15)16/h2-11,13,17,20,22H,12H2,1H3,(H,21,23). The summed E-state index contributed by atoms with van der Waals surface area (Å²) in [5.74, 6) is -0.183. The van der Waals surface area contributed by atoms with Gasteiger partial charge in [0, 0.05) is 18.0 Å². The largest absolute Gasteiger partial charge is 0.391 e. The molecule has 2 aromatic carbocycles. The number of aliphatic hydroxyl groups excluding tert-OH is 1. The average molecular weight is 308 g/mol. The Bertz CT molecular complexity index is 795. The van der Waals surface area contributed by atoms with Crippen LogP contribution in [0.3, 0.4) is 0 Å². The first-order valence-electron chi connectivity index (χ1n) is 7.74. The van der Waals surface area contributed by atoms with Crippen LogP contribution in [0.2, 0.25) is 0 Å². The molecule has 4 heteroatoms. The van der Waals surface area contributed by atoms with Crippen molar-refractivity contribution >= 4 is 16.8 Å². The van der Waals surface area contributed by atoms with E-state index in [-0.39, 0.29) is 11.9 Å². The van der Waals surface area contributed by atoms with Crippen LogP contribution in [-0.2, 0) is 6.42 Å². The van der Waals surface area contributed by atoms with Crippen molar-refractivity contribution in [1.82, 2.24) is 10.3 Å². The fraction of sp³-hybridized carbons (Fsp3) is 0.211. The SMILES string of the molecule is CC(NC(=O)c1cccc2cc[nH]c12)C(O)Cc1ccccc1. The monoisotopic (exact) mass is 308 g/mol. The summed E-state index contributed by atoms with van der Waals surface area (Å²) in [6, 6.07) is 16.9. The number of carbonyl (C=O) groups is 1. The minimum absolute atomic E-state index is 0.183. The van der Waals surface area contributed by atoms with Gasteiger partial charge in [0.1, 0.15) is 0 Å². The van der Waals surface area contributed by atoms with Crippen molar-refractivity contribution in [2.24, 2.45) is 0 Å². The topological polar surface area (TPSA) is 65.1 Å². The number of rotatable bonds is 5. The molecule has 23 heavy (non-hydrogen) atoms. The number of nitrogens with one attached hydrogen (secondary N) is 2. The second kappa shape index (κ2) is 6.67. The molecule has 1 aromatic heterocycles. The number of para-hydroxylation sites is 1. The summed E-state index contributed by atoms with van der Waals surface area (Å²) in [5, 5.41) is 14.2. The van der Waals surface area contributed by atoms with Gasteiger partial charge in [-0.1, -0.05) is 42.5 Å². The minimum atomic E-state index is -0.635. The van der Waals surface area contributed by atoms with Crippen LogP contribution in [0.4, 0.5) is 0 Å². The third kappa shape index (κ3) is 3.43. The number of carbonyl (C=O) groups excluding carboxylic acids is 1. The molecule has 2 atom stereocenters. The quantitative estimate of drug-likeness (QED) is 0.678. The van der Waals surface area contributed by atoms with E-state index in [4.69, 9.17) is 0 Å². The third-order valence-corrected chi connectivity index (χ3v) is 4.06. The second-order valence-corrected chi connectivity index (χ2v) is 5.77. The summed E-state index contributed by atoms with van der Waals surface area (Å²) in [6.07, 6.45) is 1.69. The van der Waals surface area contributed by atoms with Crippen LogP contribution >= 0.6 is 0 Å². The van der Waals surface area contributed by atoms with E-state index < -0.39 is 6.10 Å². The number of H-pyrrole nitrogens is 1. The number of aromatic nitrogens is 1. The maximum Gasteiger partial charge on any atom is 0.253 e. The summed E-state index contributed by atoms with van der Waals surface area (Å²) in [7, 11) is 0. The normalized spacial score (nSPS) is 13.7. The Hall–Kier alpha value is -2.59. The van der Waals surface area contributed by atoms with Crippen LogP contribution in [-0.4, -0.2) is 28.1 Å². The van der Waals surface area contributed by atoms with Crippen molar-refractivity contribution in [2.75, 3.05) is 0 Å². The first kappa shape index (κ1) is 15.3. The molecule has 0 saturated carbocycles. The Kier molecular flexibility index (Phi) is 4.44. The van der Waals surface area contributed by atoms with Crippen molar-refractivity contribution in [2.45, 2.75) is 25.5 Å². The van der Waals surface area contributed by atoms with E-state index in [1.54, 1.807) is 6.07 Å². The van der Waals surface area contributed by atoms with E-state index in [2.05, 4.69) is 10.3 Å². The highest BCUT2D eigenvalue weighted by atomic mass is 16.3. The molecule has 0 spiro atoms. The highest BCUT2D eigenvalue weighted by molar-refractivity contribution is 6.05. The van der Waals surface area contributed by atoms with E-state index in [0.29, 0.717) is 12.0 Å². The lowest BCUT2D eigenvalue weighted by Crippen LogP contribution is -2.42. The predicted molar refractivity (Wildman–Crippen MR) is 91.4 cm³/mol. The summed E-state index contributed by atoms with van der Waals surface area (Å²) >= 11 is 0. The zero-order valence-electron chi connectivity index (χ0n) is 13.0. The van der Waals surface area contributed by atoms with E-state index in [0.717, 1.165) is 16.5 Å². The smallest absolute Gasteiger partial charge is 0.253 e. The Morgan fingerprint density at radius 2 is 1.91 bits per heavy atom. The second-order valence-electron chi connectivity index (χ2n) is 5.77. The van der Waals surface area contributed by atoms with Crippen LogP contribution in [0.25, 0.3) is 10.9 Å². The van der Waals surface area contributed by atoms with Crippen LogP contribution < -0.4 is 5.32 Å². The summed E-state index contributed by atoms with van der Waals surface area (Å²) in [4.78, 5) is 15.6. The molecule has 0 aliphatic heterocycles. The van der Waals surface area contributed by atoms with Gasteiger partial charge in [-0.3, -0.25) is 4.79 Å². The van der Waals surface area contributed by atoms with Crippen molar-refractivity contribution in [1.29, 1.82) is 0 Å². The molecule has 0 saturated heterocycles. The van der Waals surface area contributed by atoms with Crippen LogP contribution in [0.5, 0.6) is 0 Å². The van der Waals surface area contributed by atoms with E-state index in [1.807, 2.05) is 61.7 Å². The Morgan fingerprint density at radius 3 is 2.70 bits per heavy atom. The lowest BCUT2D eigenvalue weighted by atomic mass is 10.0. The van der Waals surface area contributed by atoms with Crippen molar-refractivity contribution < 1.29 is 9.90 Å². The van der Waals surface area contributed by atoms with Gasteiger partial charge in [0.2, 0.25) is 0 Å². The Morgan fingerprint density at radius 1 is 1.13 bits per heavy atom. The third-order valence-electron chi connectivity index (χ3n) is 4.06. The van der Waals surface area contributed by atoms with Crippen molar-refractivity contribution in [3.63, 3.8) is 0 Å². The predicted octanol–water partition coefficient (Wildman–Crippen LogP) is 2.89. The van der Waals surface area contributed by atoms with E-state index >= 15 is 0 Å². The van der Waals surface area contributed by atoms with Crippen molar-refractivity contribution in [3.8, 4) is 0 Å². The Labute approximate surface area is 135 Å². The first-order valence-corrected chi connectivity index (χ1v) is 7.74. The lowest BCUT2D eigenvalue weighted by molar-refractivity contribution is 0.0853. The Balaban J connectivity index is 1.68. The average Bonchev–Trinajstić information content (AvgIpc) is 3.04. The lowest BCUT2D eigenvalue weighted by Gasteiger charge is -2.20. The number of benzene rings is 2. The molecule has 3 aromatic rings. The number of hydrogen-bond acceptors (Lipinski definition) is 2. The molecule has 1 heterocycles. The summed E-state index contributed by atoms with van der Waals surface area (Å²) < 4.78 is 0. The summed E-state index contributed by atoms with van der Waals surface area (Å²) in [5.41, 5.74) is 2.45. The fourth-order valence-corrected chi connectivity index (χ4v) is 2.69. The molecule has 0 aliphatic rings. The summed E-state index contributed by atoms with van der Waals surface area (Å²) in [6.45, 7) is 1.82. The molecule has 4 nitrogen and oxygen atoms in total. The van der Waals surface area contributed by atoms with Crippen LogP contribution in [0.1, 0.15) is 22.8 Å². The number of hydrogen-bond donors (Lipinski definition) is 3. The molecule has 0 bridgehead atoms. The van der Waals surface area contributed by atoms with Crippen molar-refractivity contribution in [3.05, 3.63) is 71.9 Å². The van der Waals surface area contributed by atoms with E-state index in [9.17, 15) is 9.90 Å². The fourth-order valence-electron chi connectivity index (χ4n) is 2.69. The molecule has 0 aliphatic carbocycles. The molecular weight excluding hydrogens is 288 g/mol. The highest BCUT2D eigenvalue weighted by Crippen LogP contribution is 2.17.